The molecule has 2 amide bonds. The Labute approximate surface area is 178 Å². The van der Waals surface area contributed by atoms with Gasteiger partial charge in [-0.15, -0.1) is 0 Å². The number of hydrogen-bond acceptors (Lipinski definition) is 3. The molecule has 2 aliphatic heterocycles. The lowest BCUT2D eigenvalue weighted by Gasteiger charge is -2.25. The molecule has 156 valence electrons. The lowest BCUT2D eigenvalue weighted by molar-refractivity contribution is -0.137. The molecule has 1 atom stereocenters. The number of likely N-dealkylation sites (tertiary alicyclic amines) is 1. The van der Waals surface area contributed by atoms with E-state index in [1.165, 1.54) is 10.6 Å². The molecular formula is C25H29N3O2. The van der Waals surface area contributed by atoms with E-state index in [-0.39, 0.29) is 24.7 Å². The van der Waals surface area contributed by atoms with Gasteiger partial charge in [0, 0.05) is 31.8 Å². The molecule has 2 heterocycles. The lowest BCUT2D eigenvalue weighted by atomic mass is 10.0. The van der Waals surface area contributed by atoms with E-state index in [9.17, 15) is 9.59 Å². The number of benzene rings is 2. The van der Waals surface area contributed by atoms with Crippen molar-refractivity contribution in [3.63, 3.8) is 0 Å². The van der Waals surface area contributed by atoms with Gasteiger partial charge in [-0.05, 0) is 36.8 Å². The van der Waals surface area contributed by atoms with Crippen molar-refractivity contribution >= 4 is 17.5 Å². The first-order valence-corrected chi connectivity index (χ1v) is 11.0. The van der Waals surface area contributed by atoms with Gasteiger partial charge in [-0.25, -0.2) is 5.01 Å². The molecule has 2 aromatic carbocycles. The lowest BCUT2D eigenvalue weighted by Crippen LogP contribution is -2.36. The number of carbonyl (C=O) groups is 2. The van der Waals surface area contributed by atoms with Gasteiger partial charge in [0.15, 0.2) is 0 Å². The van der Waals surface area contributed by atoms with Crippen molar-refractivity contribution in [2.24, 2.45) is 5.10 Å². The monoisotopic (exact) mass is 403 g/mol. The molecule has 5 heteroatoms. The van der Waals surface area contributed by atoms with Crippen LogP contribution in [-0.4, -0.2) is 46.6 Å². The fourth-order valence-electron chi connectivity index (χ4n) is 4.40. The van der Waals surface area contributed by atoms with Crippen LogP contribution >= 0.6 is 0 Å². The standard InChI is InChI=1S/C25H29N3O2/c29-24(27-18-7-12-22(27)14-13-20-8-3-1-4-9-20)15-16-25(30)28-19-17-23(26-28)21-10-5-2-6-11-21/h1-6,8-11,22H,7,12-19H2. The summed E-state index contributed by atoms with van der Waals surface area (Å²) in [4.78, 5) is 27.4. The van der Waals surface area contributed by atoms with Crippen molar-refractivity contribution in [2.45, 2.75) is 51.0 Å². The summed E-state index contributed by atoms with van der Waals surface area (Å²) in [6.45, 7) is 1.41. The number of hydrazone groups is 1. The zero-order chi connectivity index (χ0) is 20.8. The molecule has 30 heavy (non-hydrogen) atoms. The van der Waals surface area contributed by atoms with Gasteiger partial charge in [-0.2, -0.15) is 5.10 Å². The SMILES string of the molecule is O=C(CCC(=O)N1CCCC1CCc1ccccc1)N1CCC(c2ccccc2)=N1. The van der Waals surface area contributed by atoms with E-state index >= 15 is 0 Å². The minimum absolute atomic E-state index is 0.0608. The van der Waals surface area contributed by atoms with E-state index in [0.717, 1.165) is 49.9 Å². The highest BCUT2D eigenvalue weighted by Gasteiger charge is 2.29. The Morgan fingerprint density at radius 2 is 1.60 bits per heavy atom. The quantitative estimate of drug-likeness (QED) is 0.701. The summed E-state index contributed by atoms with van der Waals surface area (Å²) < 4.78 is 0. The van der Waals surface area contributed by atoms with Crippen LogP contribution in [-0.2, 0) is 16.0 Å². The second-order valence-electron chi connectivity index (χ2n) is 8.09. The number of rotatable bonds is 7. The van der Waals surface area contributed by atoms with E-state index in [0.29, 0.717) is 12.6 Å². The highest BCUT2D eigenvalue weighted by molar-refractivity contribution is 6.02. The van der Waals surface area contributed by atoms with Crippen molar-refractivity contribution in [1.29, 1.82) is 0 Å². The maximum absolute atomic E-state index is 12.8. The van der Waals surface area contributed by atoms with Crippen molar-refractivity contribution in [2.75, 3.05) is 13.1 Å². The van der Waals surface area contributed by atoms with Gasteiger partial charge in [0.1, 0.15) is 0 Å². The fraction of sp³-hybridized carbons (Fsp3) is 0.400. The Bertz CT molecular complexity index is 895. The Morgan fingerprint density at radius 3 is 2.37 bits per heavy atom. The molecule has 0 aliphatic carbocycles. The van der Waals surface area contributed by atoms with Crippen LogP contribution in [0.15, 0.2) is 65.8 Å². The molecule has 0 aromatic heterocycles. The second kappa shape index (κ2) is 9.70. The molecular weight excluding hydrogens is 374 g/mol. The highest BCUT2D eigenvalue weighted by atomic mass is 16.2. The molecule has 4 rings (SSSR count). The van der Waals surface area contributed by atoms with E-state index in [1.54, 1.807) is 0 Å². The largest absolute Gasteiger partial charge is 0.340 e. The minimum atomic E-state index is -0.0608. The number of aryl methyl sites for hydroxylation is 1. The third-order valence-corrected chi connectivity index (χ3v) is 6.06. The molecule has 5 nitrogen and oxygen atoms in total. The molecule has 1 unspecified atom stereocenters. The van der Waals surface area contributed by atoms with Crippen LogP contribution in [0.4, 0.5) is 0 Å². The summed E-state index contributed by atoms with van der Waals surface area (Å²) in [5.41, 5.74) is 3.31. The Morgan fingerprint density at radius 1 is 0.900 bits per heavy atom. The van der Waals surface area contributed by atoms with Crippen molar-refractivity contribution in [3.8, 4) is 0 Å². The highest BCUT2D eigenvalue weighted by Crippen LogP contribution is 2.23. The van der Waals surface area contributed by atoms with Crippen LogP contribution in [0, 0.1) is 0 Å². The smallest absolute Gasteiger partial charge is 0.243 e. The first-order valence-electron chi connectivity index (χ1n) is 11.0. The van der Waals surface area contributed by atoms with Crippen molar-refractivity contribution in [1.82, 2.24) is 9.91 Å². The zero-order valence-corrected chi connectivity index (χ0v) is 17.4. The summed E-state index contributed by atoms with van der Waals surface area (Å²) in [6.07, 6.45) is 5.34. The van der Waals surface area contributed by atoms with E-state index < -0.39 is 0 Å². The van der Waals surface area contributed by atoms with Crippen LogP contribution in [0.2, 0.25) is 0 Å². The molecule has 0 N–H and O–H groups in total. The fourth-order valence-corrected chi connectivity index (χ4v) is 4.40. The van der Waals surface area contributed by atoms with Gasteiger partial charge >= 0.3 is 0 Å². The van der Waals surface area contributed by atoms with Gasteiger partial charge in [-0.1, -0.05) is 60.7 Å². The third kappa shape index (κ3) is 4.96. The average molecular weight is 404 g/mol. The third-order valence-electron chi connectivity index (χ3n) is 6.06. The van der Waals surface area contributed by atoms with Crippen LogP contribution in [0.1, 0.15) is 49.7 Å². The van der Waals surface area contributed by atoms with E-state index in [4.69, 9.17) is 0 Å². The molecule has 0 radical (unpaired) electrons. The first-order chi connectivity index (χ1) is 14.7. The van der Waals surface area contributed by atoms with Crippen LogP contribution in [0.5, 0.6) is 0 Å². The van der Waals surface area contributed by atoms with Gasteiger partial charge in [-0.3, -0.25) is 9.59 Å². The molecule has 0 saturated carbocycles. The maximum Gasteiger partial charge on any atom is 0.243 e. The van der Waals surface area contributed by atoms with E-state index in [1.807, 2.05) is 41.3 Å². The normalized spacial score (nSPS) is 18.5. The van der Waals surface area contributed by atoms with Crippen LogP contribution in [0.3, 0.4) is 0 Å². The number of hydrogen-bond donors (Lipinski definition) is 0. The van der Waals surface area contributed by atoms with Crippen LogP contribution < -0.4 is 0 Å². The molecule has 2 aliphatic rings. The minimum Gasteiger partial charge on any atom is -0.340 e. The first kappa shape index (κ1) is 20.3. The van der Waals surface area contributed by atoms with Gasteiger partial charge in [0.05, 0.1) is 12.3 Å². The summed E-state index contributed by atoms with van der Waals surface area (Å²) in [5.74, 6) is 0.0414. The Kier molecular flexibility index (Phi) is 6.57. The van der Waals surface area contributed by atoms with Gasteiger partial charge in [0.2, 0.25) is 11.8 Å². The number of nitrogens with zero attached hydrogens (tertiary/aromatic N) is 3. The van der Waals surface area contributed by atoms with E-state index in [2.05, 4.69) is 29.4 Å². The number of amides is 2. The number of carbonyl (C=O) groups excluding carboxylic acids is 2. The summed E-state index contributed by atoms with van der Waals surface area (Å²) in [7, 11) is 0. The topological polar surface area (TPSA) is 53.0 Å². The maximum atomic E-state index is 12.8. The molecule has 1 fully saturated rings. The van der Waals surface area contributed by atoms with Crippen molar-refractivity contribution in [3.05, 3.63) is 71.8 Å². The molecule has 0 bridgehead atoms. The average Bonchev–Trinajstić information content (AvgIpc) is 3.47. The summed E-state index contributed by atoms with van der Waals surface area (Å²) in [5, 5.41) is 6.02. The predicted molar refractivity (Wildman–Crippen MR) is 118 cm³/mol. The predicted octanol–water partition coefficient (Wildman–Crippen LogP) is 4.03. The van der Waals surface area contributed by atoms with Gasteiger partial charge < -0.3 is 4.90 Å². The zero-order valence-electron chi connectivity index (χ0n) is 17.4. The Balaban J connectivity index is 1.26. The molecule has 0 spiro atoms. The van der Waals surface area contributed by atoms with Gasteiger partial charge in [0.25, 0.3) is 0 Å². The molecule has 2 aromatic rings. The summed E-state index contributed by atoms with van der Waals surface area (Å²) >= 11 is 0. The van der Waals surface area contributed by atoms with Crippen LogP contribution in [0.25, 0.3) is 0 Å². The summed E-state index contributed by atoms with van der Waals surface area (Å²) in [6, 6.07) is 20.7. The van der Waals surface area contributed by atoms with Crippen molar-refractivity contribution < 1.29 is 9.59 Å². The Hall–Kier alpha value is -2.95. The second-order valence-corrected chi connectivity index (χ2v) is 8.09. The molecule has 1 saturated heterocycles.